The van der Waals surface area contributed by atoms with Crippen molar-refractivity contribution >= 4 is 43.7 Å². The molecule has 0 radical (unpaired) electrons. The third kappa shape index (κ3) is 3.37. The summed E-state index contributed by atoms with van der Waals surface area (Å²) in [5, 5.41) is 3.68. The van der Waals surface area contributed by atoms with E-state index in [0.717, 1.165) is 27.2 Å². The van der Waals surface area contributed by atoms with Crippen molar-refractivity contribution in [2.45, 2.75) is 26.3 Å². The van der Waals surface area contributed by atoms with Crippen LogP contribution < -0.4 is 14.7 Å². The van der Waals surface area contributed by atoms with Crippen molar-refractivity contribution in [1.82, 2.24) is 0 Å². The van der Waals surface area contributed by atoms with E-state index in [1.54, 1.807) is 32.8 Å². The van der Waals surface area contributed by atoms with E-state index in [9.17, 15) is 4.39 Å². The van der Waals surface area contributed by atoms with Crippen LogP contribution in [-0.2, 0) is 5.54 Å². The van der Waals surface area contributed by atoms with Gasteiger partial charge < -0.3 is 10.1 Å². The first-order chi connectivity index (χ1) is 12.9. The van der Waals surface area contributed by atoms with Crippen LogP contribution in [0.1, 0.15) is 25.6 Å². The van der Waals surface area contributed by atoms with Gasteiger partial charge in [-0.3, -0.25) is 0 Å². The molecule has 0 saturated heterocycles. The molecule has 27 heavy (non-hydrogen) atoms. The number of ether oxygens (including phenoxy) is 1. The van der Waals surface area contributed by atoms with E-state index < -0.39 is 5.82 Å². The zero-order chi connectivity index (χ0) is 19.2. The van der Waals surface area contributed by atoms with Gasteiger partial charge in [0.2, 0.25) is 0 Å². The number of fused-ring (bicyclic) bond motifs is 3. The molecule has 1 aliphatic heterocycles. The lowest BCUT2D eigenvalue weighted by molar-refractivity contribution is 0.340. The number of hydrogen-bond acceptors (Lipinski definition) is 5. The van der Waals surface area contributed by atoms with E-state index in [4.69, 9.17) is 21.3 Å². The van der Waals surface area contributed by atoms with Gasteiger partial charge >= 0.3 is 0 Å². The topological polar surface area (TPSA) is 33.6 Å². The molecule has 0 atom stereocenters. The molecule has 0 aliphatic carbocycles. The number of anilines is 1. The minimum Gasteiger partial charge on any atom is -0.494 e. The van der Waals surface area contributed by atoms with Gasteiger partial charge in [0.1, 0.15) is 16.2 Å². The van der Waals surface area contributed by atoms with Crippen molar-refractivity contribution in [3.63, 3.8) is 0 Å². The standard InChI is InChI=1S/C20H18ClFN2OS2/c1-4-25-12-6-8-16-13(10-12)17-18(20(2,3)24-16)26-27-19(17)23-11-5-7-15(22)14(21)9-11/h5-10,24H,4H2,1-3H3. The van der Waals surface area contributed by atoms with Gasteiger partial charge in [0, 0.05) is 16.8 Å². The summed E-state index contributed by atoms with van der Waals surface area (Å²) >= 11 is 5.92. The van der Waals surface area contributed by atoms with E-state index in [2.05, 4.69) is 25.2 Å². The predicted molar refractivity (Wildman–Crippen MR) is 112 cm³/mol. The Morgan fingerprint density at radius 1 is 1.19 bits per heavy atom. The van der Waals surface area contributed by atoms with Gasteiger partial charge in [0.25, 0.3) is 0 Å². The third-order valence-electron chi connectivity index (χ3n) is 4.36. The van der Waals surface area contributed by atoms with Crippen molar-refractivity contribution < 1.29 is 9.13 Å². The molecule has 2 heterocycles. The molecule has 0 bridgehead atoms. The van der Waals surface area contributed by atoms with Crippen LogP contribution in [0.2, 0.25) is 5.02 Å². The summed E-state index contributed by atoms with van der Waals surface area (Å²) < 4.78 is 20.1. The molecule has 1 aliphatic rings. The summed E-state index contributed by atoms with van der Waals surface area (Å²) in [6.07, 6.45) is 0. The van der Waals surface area contributed by atoms with Crippen LogP contribution >= 0.6 is 32.3 Å². The number of nitrogens with one attached hydrogen (secondary N) is 1. The maximum absolute atomic E-state index is 13.5. The van der Waals surface area contributed by atoms with Gasteiger partial charge in [-0.1, -0.05) is 32.3 Å². The lowest BCUT2D eigenvalue weighted by Crippen LogP contribution is -2.31. The van der Waals surface area contributed by atoms with Crippen LogP contribution in [0, 0.1) is 5.82 Å². The van der Waals surface area contributed by atoms with Crippen LogP contribution in [0.15, 0.2) is 41.4 Å². The Morgan fingerprint density at radius 3 is 2.74 bits per heavy atom. The normalized spacial score (nSPS) is 15.1. The number of hydrogen-bond donors (Lipinski definition) is 1. The summed E-state index contributed by atoms with van der Waals surface area (Å²) in [4.78, 5) is 5.99. The summed E-state index contributed by atoms with van der Waals surface area (Å²) in [6, 6.07) is 10.6. The lowest BCUT2D eigenvalue weighted by atomic mass is 9.90. The van der Waals surface area contributed by atoms with Crippen LogP contribution in [0.5, 0.6) is 5.75 Å². The number of benzene rings is 2. The van der Waals surface area contributed by atoms with Crippen molar-refractivity contribution in [3.8, 4) is 16.9 Å². The Hall–Kier alpha value is -1.89. The number of rotatable bonds is 3. The van der Waals surface area contributed by atoms with E-state index in [0.29, 0.717) is 12.3 Å². The minimum atomic E-state index is -0.441. The minimum absolute atomic E-state index is 0.0753. The Labute approximate surface area is 169 Å². The third-order valence-corrected chi connectivity index (χ3v) is 7.30. The second-order valence-electron chi connectivity index (χ2n) is 6.78. The lowest BCUT2D eigenvalue weighted by Gasteiger charge is -2.33. The number of nitrogens with zero attached hydrogens (tertiary/aromatic N) is 1. The second-order valence-corrected chi connectivity index (χ2v) is 9.31. The fraction of sp³-hybridized carbons (Fsp3) is 0.250. The fourth-order valence-corrected chi connectivity index (χ4v) is 6.26. The Bertz CT molecular complexity index is 1090. The zero-order valence-corrected chi connectivity index (χ0v) is 17.5. The first-order valence-corrected chi connectivity index (χ1v) is 11.1. The van der Waals surface area contributed by atoms with Gasteiger partial charge in [-0.15, -0.1) is 0 Å². The van der Waals surface area contributed by atoms with Gasteiger partial charge in [0.05, 0.1) is 27.7 Å². The maximum atomic E-state index is 13.5. The highest BCUT2D eigenvalue weighted by Crippen LogP contribution is 2.46. The van der Waals surface area contributed by atoms with Crippen molar-refractivity contribution in [1.29, 1.82) is 0 Å². The van der Waals surface area contributed by atoms with Crippen molar-refractivity contribution in [2.24, 2.45) is 4.99 Å². The number of halogens is 2. The average Bonchev–Trinajstić information content (AvgIpc) is 3.04. The summed E-state index contributed by atoms with van der Waals surface area (Å²) in [6.45, 7) is 6.90. The Morgan fingerprint density at radius 2 is 2.00 bits per heavy atom. The highest BCUT2D eigenvalue weighted by Gasteiger charge is 2.33. The maximum Gasteiger partial charge on any atom is 0.141 e. The molecule has 1 N–H and O–H groups in total. The first-order valence-electron chi connectivity index (χ1n) is 8.58. The van der Waals surface area contributed by atoms with Gasteiger partial charge in [-0.2, -0.15) is 0 Å². The average molecular weight is 421 g/mol. The Balaban J connectivity index is 1.93. The van der Waals surface area contributed by atoms with Crippen LogP contribution in [0.3, 0.4) is 0 Å². The summed E-state index contributed by atoms with van der Waals surface area (Å²) in [5.41, 5.74) is 3.66. The molecule has 3 nitrogen and oxygen atoms in total. The molecule has 0 unspecified atom stereocenters. The van der Waals surface area contributed by atoms with E-state index >= 15 is 0 Å². The molecule has 0 fully saturated rings. The molecule has 7 heteroatoms. The monoisotopic (exact) mass is 420 g/mol. The molecule has 4 rings (SSSR count). The Kier molecular flexibility index (Phi) is 4.74. The second kappa shape index (κ2) is 6.93. The fourth-order valence-electron chi connectivity index (χ4n) is 3.15. The molecular weight excluding hydrogens is 403 g/mol. The molecule has 0 spiro atoms. The molecule has 0 amide bonds. The molecule has 2 aromatic carbocycles. The smallest absolute Gasteiger partial charge is 0.141 e. The highest BCUT2D eigenvalue weighted by molar-refractivity contribution is 7.68. The van der Waals surface area contributed by atoms with Gasteiger partial charge in [-0.25, -0.2) is 9.38 Å². The van der Waals surface area contributed by atoms with E-state index in [-0.39, 0.29) is 10.6 Å². The summed E-state index contributed by atoms with van der Waals surface area (Å²) in [7, 11) is 3.32. The zero-order valence-electron chi connectivity index (χ0n) is 15.1. The first kappa shape index (κ1) is 18.5. The molecule has 3 aromatic rings. The van der Waals surface area contributed by atoms with E-state index in [1.165, 1.54) is 10.9 Å². The molecule has 1 aromatic heterocycles. The van der Waals surface area contributed by atoms with E-state index in [1.807, 2.05) is 19.1 Å². The van der Waals surface area contributed by atoms with Gasteiger partial charge in [0.15, 0.2) is 0 Å². The highest BCUT2D eigenvalue weighted by atomic mass is 35.5. The largest absolute Gasteiger partial charge is 0.494 e. The molecule has 0 saturated carbocycles. The molecule has 140 valence electrons. The van der Waals surface area contributed by atoms with Crippen molar-refractivity contribution in [2.75, 3.05) is 11.9 Å². The predicted octanol–water partition coefficient (Wildman–Crippen LogP) is 6.56. The molecular formula is C20H18ClFN2OS2. The van der Waals surface area contributed by atoms with Crippen LogP contribution in [-0.4, -0.2) is 6.61 Å². The van der Waals surface area contributed by atoms with Gasteiger partial charge in [-0.05, 0) is 57.2 Å². The quantitative estimate of drug-likeness (QED) is 0.486. The van der Waals surface area contributed by atoms with Crippen LogP contribution in [0.25, 0.3) is 11.1 Å². The van der Waals surface area contributed by atoms with Crippen LogP contribution in [0.4, 0.5) is 15.8 Å². The summed E-state index contributed by atoms with van der Waals surface area (Å²) in [5.74, 6) is 0.388. The van der Waals surface area contributed by atoms with Crippen molar-refractivity contribution in [3.05, 3.63) is 56.8 Å². The SMILES string of the molecule is CCOc1ccc2c(c1)-c1c(ssc1=Nc1ccc(F)c(Cl)c1)C(C)(C)N2.